The maximum atomic E-state index is 12.5. The lowest BCUT2D eigenvalue weighted by Gasteiger charge is -2.08. The van der Waals surface area contributed by atoms with Crippen LogP contribution in [0, 0.1) is 0 Å². The molecule has 0 aliphatic heterocycles. The van der Waals surface area contributed by atoms with Crippen molar-refractivity contribution in [3.63, 3.8) is 0 Å². The van der Waals surface area contributed by atoms with Gasteiger partial charge in [0.2, 0.25) is 5.43 Å². The van der Waals surface area contributed by atoms with E-state index in [2.05, 4.69) is 10.1 Å². The molecule has 126 valence electrons. The zero-order valence-electron chi connectivity index (χ0n) is 13.1. The van der Waals surface area contributed by atoms with E-state index in [-0.39, 0.29) is 11.3 Å². The van der Waals surface area contributed by atoms with E-state index in [0.717, 1.165) is 18.4 Å². The molecular weight excluding hydrogens is 342 g/mol. The number of amides is 1. The average Bonchev–Trinajstić information content (AvgIpc) is 2.62. The second-order valence-corrected chi connectivity index (χ2v) is 6.16. The van der Waals surface area contributed by atoms with Crippen LogP contribution in [-0.4, -0.2) is 24.1 Å². The van der Waals surface area contributed by atoms with Gasteiger partial charge in [0, 0.05) is 21.3 Å². The molecule has 2 N–H and O–H groups in total. The summed E-state index contributed by atoms with van der Waals surface area (Å²) in [4.78, 5) is 36.4. The molecule has 2 aromatic carbocycles. The first-order valence-electron chi connectivity index (χ1n) is 7.26. The van der Waals surface area contributed by atoms with E-state index in [4.69, 9.17) is 0 Å². The van der Waals surface area contributed by atoms with Crippen molar-refractivity contribution in [1.29, 1.82) is 0 Å². The number of aromatic hydroxyl groups is 1. The summed E-state index contributed by atoms with van der Waals surface area (Å²) in [6, 6.07) is 13.3. The largest absolute Gasteiger partial charge is 0.499 e. The second kappa shape index (κ2) is 6.74. The van der Waals surface area contributed by atoms with E-state index in [1.165, 1.54) is 6.07 Å². The van der Waals surface area contributed by atoms with E-state index in [9.17, 15) is 19.5 Å². The summed E-state index contributed by atoms with van der Waals surface area (Å²) < 4.78 is 5.03. The van der Waals surface area contributed by atoms with Crippen LogP contribution in [0.3, 0.4) is 0 Å². The standard InChI is InChI=1S/C18H13NO5S/c1-24-17(22)14-15(20)12-9-11(7-8-13(12)25-18(14)23)19-16(21)10-5-3-2-4-6-10/h2-9,23H,1H3,(H,19,21). The third-order valence-electron chi connectivity index (χ3n) is 3.56. The maximum Gasteiger partial charge on any atom is 0.346 e. The van der Waals surface area contributed by atoms with E-state index >= 15 is 0 Å². The van der Waals surface area contributed by atoms with E-state index in [1.54, 1.807) is 42.5 Å². The first-order valence-corrected chi connectivity index (χ1v) is 8.07. The Balaban J connectivity index is 2.03. The number of anilines is 1. The fourth-order valence-corrected chi connectivity index (χ4v) is 3.22. The smallest absolute Gasteiger partial charge is 0.346 e. The fraction of sp³-hybridized carbons (Fsp3) is 0.0556. The third kappa shape index (κ3) is 3.22. The Labute approximate surface area is 146 Å². The Morgan fingerprint density at radius 2 is 1.84 bits per heavy atom. The van der Waals surface area contributed by atoms with Gasteiger partial charge in [0.1, 0.15) is 0 Å². The second-order valence-electron chi connectivity index (χ2n) is 5.13. The van der Waals surface area contributed by atoms with Crippen molar-refractivity contribution in [2.45, 2.75) is 0 Å². The summed E-state index contributed by atoms with van der Waals surface area (Å²) in [5, 5.41) is 12.4. The van der Waals surface area contributed by atoms with Crippen molar-refractivity contribution in [3.05, 3.63) is 69.9 Å². The molecule has 0 unspecified atom stereocenters. The molecule has 1 aromatic heterocycles. The lowest BCUT2D eigenvalue weighted by Crippen LogP contribution is -2.16. The molecule has 25 heavy (non-hydrogen) atoms. The van der Waals surface area contributed by atoms with Crippen LogP contribution in [-0.2, 0) is 4.74 Å². The molecule has 7 heteroatoms. The van der Waals surface area contributed by atoms with Crippen LogP contribution in [0.1, 0.15) is 20.7 Å². The van der Waals surface area contributed by atoms with Crippen LogP contribution in [0.25, 0.3) is 10.1 Å². The molecule has 0 saturated carbocycles. The molecule has 0 spiro atoms. The Morgan fingerprint density at radius 1 is 1.12 bits per heavy atom. The highest BCUT2D eigenvalue weighted by Gasteiger charge is 2.20. The van der Waals surface area contributed by atoms with E-state index in [1.807, 2.05) is 0 Å². The van der Waals surface area contributed by atoms with Gasteiger partial charge in [-0.25, -0.2) is 4.79 Å². The summed E-state index contributed by atoms with van der Waals surface area (Å²) in [5.74, 6) is -1.22. The average molecular weight is 355 g/mol. The zero-order valence-corrected chi connectivity index (χ0v) is 13.9. The molecule has 0 bridgehead atoms. The number of fused-ring (bicyclic) bond motifs is 1. The number of hydrogen-bond acceptors (Lipinski definition) is 6. The Morgan fingerprint density at radius 3 is 2.52 bits per heavy atom. The maximum absolute atomic E-state index is 12.5. The SMILES string of the molecule is COC(=O)c1c(O)sc2ccc(NC(=O)c3ccccc3)cc2c1=O. The zero-order chi connectivity index (χ0) is 18.0. The van der Waals surface area contributed by atoms with Crippen LogP contribution in [0.4, 0.5) is 5.69 Å². The molecule has 0 aliphatic carbocycles. The number of carbonyl (C=O) groups is 2. The number of hydrogen-bond donors (Lipinski definition) is 2. The van der Waals surface area contributed by atoms with Gasteiger partial charge in [-0.2, -0.15) is 0 Å². The molecule has 3 rings (SSSR count). The Kier molecular flexibility index (Phi) is 4.49. The van der Waals surface area contributed by atoms with Crippen molar-refractivity contribution < 1.29 is 19.4 Å². The number of carbonyl (C=O) groups excluding carboxylic acids is 2. The van der Waals surface area contributed by atoms with Crippen molar-refractivity contribution in [2.24, 2.45) is 0 Å². The molecule has 1 amide bonds. The summed E-state index contributed by atoms with van der Waals surface area (Å²) in [6.07, 6.45) is 0. The quantitative estimate of drug-likeness (QED) is 0.705. The number of rotatable bonds is 3. The first kappa shape index (κ1) is 16.7. The predicted octanol–water partition coefficient (Wildman–Crippen LogP) is 3.01. The van der Waals surface area contributed by atoms with Crippen LogP contribution in [0.2, 0.25) is 0 Å². The highest BCUT2D eigenvalue weighted by molar-refractivity contribution is 7.20. The number of benzene rings is 2. The molecule has 0 atom stereocenters. The van der Waals surface area contributed by atoms with Crippen molar-refractivity contribution in [1.82, 2.24) is 0 Å². The third-order valence-corrected chi connectivity index (χ3v) is 4.53. The molecule has 0 aliphatic rings. The molecule has 0 saturated heterocycles. The van der Waals surface area contributed by atoms with Gasteiger partial charge < -0.3 is 15.2 Å². The van der Waals surface area contributed by atoms with Crippen molar-refractivity contribution in [3.8, 4) is 5.06 Å². The van der Waals surface area contributed by atoms with Gasteiger partial charge in [-0.05, 0) is 30.3 Å². The normalized spacial score (nSPS) is 10.4. The van der Waals surface area contributed by atoms with E-state index < -0.39 is 22.0 Å². The van der Waals surface area contributed by atoms with Gasteiger partial charge in [-0.15, -0.1) is 0 Å². The van der Waals surface area contributed by atoms with Gasteiger partial charge >= 0.3 is 5.97 Å². The summed E-state index contributed by atoms with van der Waals surface area (Å²) in [6.45, 7) is 0. The van der Waals surface area contributed by atoms with Crippen molar-refractivity contribution in [2.75, 3.05) is 12.4 Å². The van der Waals surface area contributed by atoms with E-state index in [0.29, 0.717) is 16.0 Å². The number of methoxy groups -OCH3 is 1. The molecular formula is C18H13NO5S. The highest BCUT2D eigenvalue weighted by atomic mass is 32.1. The minimum absolute atomic E-state index is 0.217. The van der Waals surface area contributed by atoms with Crippen LogP contribution in [0.15, 0.2) is 53.3 Å². The highest BCUT2D eigenvalue weighted by Crippen LogP contribution is 2.29. The van der Waals surface area contributed by atoms with Gasteiger partial charge in [-0.3, -0.25) is 9.59 Å². The minimum Gasteiger partial charge on any atom is -0.499 e. The lowest BCUT2D eigenvalue weighted by atomic mass is 10.1. The van der Waals surface area contributed by atoms with Gasteiger partial charge in [0.15, 0.2) is 10.6 Å². The molecule has 1 heterocycles. The lowest BCUT2D eigenvalue weighted by molar-refractivity contribution is 0.0596. The predicted molar refractivity (Wildman–Crippen MR) is 95.5 cm³/mol. The Hall–Kier alpha value is -3.19. The summed E-state index contributed by atoms with van der Waals surface area (Å²) >= 11 is 0.892. The van der Waals surface area contributed by atoms with Gasteiger partial charge in [0.05, 0.1) is 7.11 Å². The van der Waals surface area contributed by atoms with Crippen LogP contribution < -0.4 is 10.7 Å². The minimum atomic E-state index is -0.903. The molecule has 3 aromatic rings. The molecule has 0 fully saturated rings. The van der Waals surface area contributed by atoms with Gasteiger partial charge in [0.25, 0.3) is 5.91 Å². The molecule has 6 nitrogen and oxygen atoms in total. The van der Waals surface area contributed by atoms with Crippen molar-refractivity contribution >= 4 is 39.0 Å². The number of nitrogens with one attached hydrogen (secondary N) is 1. The number of ether oxygens (including phenoxy) is 1. The van der Waals surface area contributed by atoms with Crippen LogP contribution in [0.5, 0.6) is 5.06 Å². The fourth-order valence-electron chi connectivity index (χ4n) is 2.34. The monoisotopic (exact) mass is 355 g/mol. The first-order chi connectivity index (χ1) is 12.0. The molecule has 0 radical (unpaired) electrons. The van der Waals surface area contributed by atoms with Gasteiger partial charge in [-0.1, -0.05) is 29.5 Å². The van der Waals surface area contributed by atoms with Crippen LogP contribution >= 0.6 is 11.3 Å². The summed E-state index contributed by atoms with van der Waals surface area (Å²) in [5.41, 5.74) is -0.165. The Bertz CT molecular complexity index is 1030. The summed E-state index contributed by atoms with van der Waals surface area (Å²) in [7, 11) is 1.13. The number of esters is 1. The topological polar surface area (TPSA) is 92.7 Å².